The molecular formula is C14H13ClFNO. The summed E-state index contributed by atoms with van der Waals surface area (Å²) >= 11 is 5.81. The minimum Gasteiger partial charge on any atom is -0.506 e. The van der Waals surface area contributed by atoms with Gasteiger partial charge in [0.25, 0.3) is 0 Å². The Morgan fingerprint density at radius 1 is 1.00 bits per heavy atom. The molecule has 4 heteroatoms. The van der Waals surface area contributed by atoms with E-state index in [1.165, 1.54) is 12.1 Å². The molecule has 0 amide bonds. The van der Waals surface area contributed by atoms with Crippen molar-refractivity contribution in [1.29, 1.82) is 0 Å². The van der Waals surface area contributed by atoms with Gasteiger partial charge in [-0.2, -0.15) is 0 Å². The lowest BCUT2D eigenvalue weighted by molar-refractivity contribution is 0.475. The van der Waals surface area contributed by atoms with Crippen LogP contribution in [0.25, 0.3) is 0 Å². The first-order chi connectivity index (χ1) is 8.65. The number of nitrogens with one attached hydrogen (secondary N) is 1. The van der Waals surface area contributed by atoms with Gasteiger partial charge < -0.3 is 10.4 Å². The fourth-order valence-electron chi connectivity index (χ4n) is 1.61. The Labute approximate surface area is 110 Å². The number of phenols is 1. The largest absolute Gasteiger partial charge is 0.506 e. The summed E-state index contributed by atoms with van der Waals surface area (Å²) in [6.07, 6.45) is 0. The number of phenolic OH excluding ortho intramolecular Hbond substituents is 1. The van der Waals surface area contributed by atoms with Gasteiger partial charge in [0.1, 0.15) is 11.6 Å². The van der Waals surface area contributed by atoms with E-state index in [0.717, 1.165) is 11.1 Å². The molecule has 0 spiro atoms. The average Bonchev–Trinajstić information content (AvgIpc) is 2.36. The molecule has 2 rings (SSSR count). The fourth-order valence-corrected chi connectivity index (χ4v) is 1.82. The van der Waals surface area contributed by atoms with Gasteiger partial charge in [-0.05, 0) is 35.4 Å². The average molecular weight is 266 g/mol. The van der Waals surface area contributed by atoms with Crippen molar-refractivity contribution >= 4 is 11.6 Å². The molecule has 0 bridgehead atoms. The Kier molecular flexibility index (Phi) is 4.18. The number of hydrogen-bond donors (Lipinski definition) is 2. The summed E-state index contributed by atoms with van der Waals surface area (Å²) in [7, 11) is 0. The molecule has 0 aliphatic rings. The van der Waals surface area contributed by atoms with Crippen LogP contribution < -0.4 is 5.32 Å². The van der Waals surface area contributed by atoms with Gasteiger partial charge in [-0.25, -0.2) is 4.39 Å². The van der Waals surface area contributed by atoms with E-state index in [1.54, 1.807) is 30.3 Å². The zero-order valence-electron chi connectivity index (χ0n) is 9.66. The molecule has 0 radical (unpaired) electrons. The molecule has 0 saturated carbocycles. The van der Waals surface area contributed by atoms with Crippen LogP contribution in [0.4, 0.5) is 4.39 Å². The summed E-state index contributed by atoms with van der Waals surface area (Å²) < 4.78 is 12.7. The van der Waals surface area contributed by atoms with Crippen molar-refractivity contribution in [3.05, 3.63) is 64.4 Å². The first-order valence-electron chi connectivity index (χ1n) is 5.58. The molecular weight excluding hydrogens is 253 g/mol. The molecule has 18 heavy (non-hydrogen) atoms. The molecule has 0 aliphatic carbocycles. The molecule has 2 aromatic rings. The summed E-state index contributed by atoms with van der Waals surface area (Å²) in [4.78, 5) is 0. The quantitative estimate of drug-likeness (QED) is 0.887. The fraction of sp³-hybridized carbons (Fsp3) is 0.143. The minimum absolute atomic E-state index is 0.0824. The monoisotopic (exact) mass is 265 g/mol. The SMILES string of the molecule is Oc1ccc(CNCc2ccc(F)cc2)cc1Cl. The molecule has 94 valence electrons. The van der Waals surface area contributed by atoms with E-state index in [2.05, 4.69) is 5.32 Å². The second-order valence-electron chi connectivity index (χ2n) is 4.02. The predicted octanol–water partition coefficient (Wildman–Crippen LogP) is 3.47. The van der Waals surface area contributed by atoms with E-state index < -0.39 is 0 Å². The third-order valence-corrected chi connectivity index (χ3v) is 2.89. The Morgan fingerprint density at radius 3 is 2.28 bits per heavy atom. The van der Waals surface area contributed by atoms with Crippen molar-refractivity contribution in [3.8, 4) is 5.75 Å². The molecule has 0 unspecified atom stereocenters. The van der Waals surface area contributed by atoms with Gasteiger partial charge in [-0.15, -0.1) is 0 Å². The van der Waals surface area contributed by atoms with E-state index >= 15 is 0 Å². The van der Waals surface area contributed by atoms with Crippen molar-refractivity contribution in [2.75, 3.05) is 0 Å². The minimum atomic E-state index is -0.232. The highest BCUT2D eigenvalue weighted by atomic mass is 35.5. The van der Waals surface area contributed by atoms with Crippen molar-refractivity contribution in [1.82, 2.24) is 5.32 Å². The smallest absolute Gasteiger partial charge is 0.134 e. The standard InChI is InChI=1S/C14H13ClFNO/c15-13-7-11(3-6-14(13)18)9-17-8-10-1-4-12(16)5-2-10/h1-7,17-18H,8-9H2. The summed E-state index contributed by atoms with van der Waals surface area (Å²) in [5.74, 6) is -0.150. The molecule has 0 fully saturated rings. The maximum absolute atomic E-state index is 12.7. The van der Waals surface area contributed by atoms with Gasteiger partial charge in [-0.3, -0.25) is 0 Å². The Hall–Kier alpha value is -1.58. The molecule has 0 aromatic heterocycles. The highest BCUT2D eigenvalue weighted by Gasteiger charge is 2.00. The molecule has 2 N–H and O–H groups in total. The zero-order valence-corrected chi connectivity index (χ0v) is 10.4. The van der Waals surface area contributed by atoms with E-state index in [-0.39, 0.29) is 11.6 Å². The van der Waals surface area contributed by atoms with Crippen LogP contribution >= 0.6 is 11.6 Å². The second-order valence-corrected chi connectivity index (χ2v) is 4.42. The van der Waals surface area contributed by atoms with Gasteiger partial charge in [0.2, 0.25) is 0 Å². The van der Waals surface area contributed by atoms with Crippen LogP contribution in [0.5, 0.6) is 5.75 Å². The van der Waals surface area contributed by atoms with Crippen LogP contribution in [0.1, 0.15) is 11.1 Å². The third kappa shape index (κ3) is 3.45. The van der Waals surface area contributed by atoms with Crippen molar-refractivity contribution in [3.63, 3.8) is 0 Å². The topological polar surface area (TPSA) is 32.3 Å². The van der Waals surface area contributed by atoms with Crippen molar-refractivity contribution in [2.45, 2.75) is 13.1 Å². The van der Waals surface area contributed by atoms with Crippen LogP contribution in [0, 0.1) is 5.82 Å². The summed E-state index contributed by atoms with van der Waals surface area (Å²) in [5.41, 5.74) is 2.00. The van der Waals surface area contributed by atoms with E-state index in [1.807, 2.05) is 0 Å². The number of benzene rings is 2. The zero-order chi connectivity index (χ0) is 13.0. The highest BCUT2D eigenvalue weighted by molar-refractivity contribution is 6.32. The maximum atomic E-state index is 12.7. The van der Waals surface area contributed by atoms with Gasteiger partial charge in [0, 0.05) is 13.1 Å². The summed E-state index contributed by atoms with van der Waals surface area (Å²) in [6, 6.07) is 11.5. The summed E-state index contributed by atoms with van der Waals surface area (Å²) in [6.45, 7) is 1.29. The lowest BCUT2D eigenvalue weighted by Gasteiger charge is -2.06. The Bertz CT molecular complexity index is 528. The van der Waals surface area contributed by atoms with Crippen LogP contribution in [0.3, 0.4) is 0 Å². The predicted molar refractivity (Wildman–Crippen MR) is 70.1 cm³/mol. The first kappa shape index (κ1) is 12.9. The van der Waals surface area contributed by atoms with Crippen molar-refractivity contribution in [2.24, 2.45) is 0 Å². The lowest BCUT2D eigenvalue weighted by atomic mass is 10.2. The van der Waals surface area contributed by atoms with Gasteiger partial charge in [-0.1, -0.05) is 29.8 Å². The Balaban J connectivity index is 1.88. The van der Waals surface area contributed by atoms with E-state index in [9.17, 15) is 9.50 Å². The molecule has 0 saturated heterocycles. The molecule has 0 atom stereocenters. The molecule has 0 heterocycles. The van der Waals surface area contributed by atoms with E-state index in [0.29, 0.717) is 18.1 Å². The number of halogens is 2. The van der Waals surface area contributed by atoms with Gasteiger partial charge in [0.15, 0.2) is 0 Å². The molecule has 0 aliphatic heterocycles. The Morgan fingerprint density at radius 2 is 1.61 bits per heavy atom. The molecule has 2 aromatic carbocycles. The maximum Gasteiger partial charge on any atom is 0.134 e. The van der Waals surface area contributed by atoms with Crippen LogP contribution in [-0.4, -0.2) is 5.11 Å². The van der Waals surface area contributed by atoms with Crippen LogP contribution in [0.2, 0.25) is 5.02 Å². The first-order valence-corrected chi connectivity index (χ1v) is 5.95. The van der Waals surface area contributed by atoms with Crippen molar-refractivity contribution < 1.29 is 9.50 Å². The van der Waals surface area contributed by atoms with Gasteiger partial charge in [0.05, 0.1) is 5.02 Å². The molecule has 2 nitrogen and oxygen atoms in total. The normalized spacial score (nSPS) is 10.6. The van der Waals surface area contributed by atoms with E-state index in [4.69, 9.17) is 11.6 Å². The highest BCUT2D eigenvalue weighted by Crippen LogP contribution is 2.23. The summed E-state index contributed by atoms with van der Waals surface area (Å²) in [5, 5.41) is 12.9. The van der Waals surface area contributed by atoms with Crippen LogP contribution in [0.15, 0.2) is 42.5 Å². The lowest BCUT2D eigenvalue weighted by Crippen LogP contribution is -2.12. The second kappa shape index (κ2) is 5.85. The number of aromatic hydroxyl groups is 1. The van der Waals surface area contributed by atoms with Crippen LogP contribution in [-0.2, 0) is 13.1 Å². The number of rotatable bonds is 4. The third-order valence-electron chi connectivity index (χ3n) is 2.58. The number of hydrogen-bond acceptors (Lipinski definition) is 2. The van der Waals surface area contributed by atoms with Gasteiger partial charge >= 0.3 is 0 Å².